The molecular weight excluding hydrogens is 543 g/mol. The number of hydrogen-bond donors (Lipinski definition) is 0. The van der Waals surface area contributed by atoms with Crippen LogP contribution in [0.5, 0.6) is 0 Å². The van der Waals surface area contributed by atoms with Crippen LogP contribution in [0.2, 0.25) is 0 Å². The van der Waals surface area contributed by atoms with E-state index in [1.807, 2.05) is 72.0 Å². The third kappa shape index (κ3) is 3.92. The molecule has 43 heavy (non-hydrogen) atoms. The highest BCUT2D eigenvalue weighted by Gasteiger charge is 2.15. The van der Waals surface area contributed by atoms with Crippen LogP contribution in [0, 0.1) is 0 Å². The zero-order valence-corrected chi connectivity index (χ0v) is 23.8. The molecule has 2 aromatic heterocycles. The highest BCUT2D eigenvalue weighted by molar-refractivity contribution is 7.26. The lowest BCUT2D eigenvalue weighted by atomic mass is 9.94. The maximum atomic E-state index is 4.96. The largest absolute Gasteiger partial charge is 0.208 e. The monoisotopic (exact) mass is 565 g/mol. The smallest absolute Gasteiger partial charge is 0.164 e. The van der Waals surface area contributed by atoms with Gasteiger partial charge in [0, 0.05) is 42.2 Å². The van der Waals surface area contributed by atoms with Crippen molar-refractivity contribution in [2.24, 2.45) is 0 Å². The number of rotatable bonds is 3. The zero-order chi connectivity index (χ0) is 28.3. The highest BCUT2D eigenvalue weighted by Crippen LogP contribution is 2.43. The molecule has 0 fully saturated rings. The number of benzene rings is 7. The molecule has 0 aliphatic heterocycles. The summed E-state index contributed by atoms with van der Waals surface area (Å²) in [6, 6.07) is 49.1. The number of aromatic nitrogens is 3. The van der Waals surface area contributed by atoms with Crippen LogP contribution in [-0.2, 0) is 0 Å². The first kappa shape index (κ1) is 24.2. The fourth-order valence-corrected chi connectivity index (χ4v) is 7.49. The number of fused-ring (bicyclic) bond motifs is 9. The van der Waals surface area contributed by atoms with Crippen molar-refractivity contribution in [2.45, 2.75) is 0 Å². The lowest BCUT2D eigenvalue weighted by Crippen LogP contribution is -2.00. The summed E-state index contributed by atoms with van der Waals surface area (Å²) in [5.74, 6) is 2.00. The van der Waals surface area contributed by atoms with Gasteiger partial charge in [-0.05, 0) is 39.1 Å². The Hall–Kier alpha value is -5.45. The van der Waals surface area contributed by atoms with Gasteiger partial charge in [-0.3, -0.25) is 0 Å². The van der Waals surface area contributed by atoms with Crippen LogP contribution in [0.4, 0.5) is 0 Å². The van der Waals surface area contributed by atoms with Crippen LogP contribution < -0.4 is 0 Å². The van der Waals surface area contributed by atoms with E-state index in [-0.39, 0.29) is 0 Å². The van der Waals surface area contributed by atoms with E-state index in [1.54, 1.807) is 0 Å². The average Bonchev–Trinajstić information content (AvgIpc) is 3.47. The maximum absolute atomic E-state index is 4.96. The second-order valence-electron chi connectivity index (χ2n) is 10.8. The van der Waals surface area contributed by atoms with Gasteiger partial charge in [0.25, 0.3) is 0 Å². The van der Waals surface area contributed by atoms with Gasteiger partial charge in [0.15, 0.2) is 17.5 Å². The zero-order valence-electron chi connectivity index (χ0n) is 23.0. The fourth-order valence-electron chi connectivity index (χ4n) is 6.22. The van der Waals surface area contributed by atoms with Gasteiger partial charge in [0.05, 0.1) is 0 Å². The van der Waals surface area contributed by atoms with E-state index in [0.29, 0.717) is 17.5 Å². The first-order valence-corrected chi connectivity index (χ1v) is 15.2. The molecule has 4 heteroatoms. The molecule has 0 spiro atoms. The van der Waals surface area contributed by atoms with Crippen molar-refractivity contribution in [3.05, 3.63) is 140 Å². The second kappa shape index (κ2) is 9.55. The first-order chi connectivity index (χ1) is 21.3. The van der Waals surface area contributed by atoms with E-state index in [9.17, 15) is 0 Å². The summed E-state index contributed by atoms with van der Waals surface area (Å²) in [5, 5.41) is 10.2. The van der Waals surface area contributed by atoms with Crippen molar-refractivity contribution in [2.75, 3.05) is 0 Å². The third-order valence-corrected chi connectivity index (χ3v) is 9.49. The predicted octanol–water partition coefficient (Wildman–Crippen LogP) is 10.7. The molecule has 0 atom stereocenters. The Labute approximate surface area is 251 Å². The number of thiophene rings is 1. The Morgan fingerprint density at radius 3 is 1.60 bits per heavy atom. The van der Waals surface area contributed by atoms with Gasteiger partial charge in [-0.1, -0.05) is 127 Å². The van der Waals surface area contributed by atoms with Crippen LogP contribution in [0.3, 0.4) is 0 Å². The van der Waals surface area contributed by atoms with E-state index in [4.69, 9.17) is 15.0 Å². The second-order valence-corrected chi connectivity index (χ2v) is 11.9. The molecule has 0 amide bonds. The fraction of sp³-hybridized carbons (Fsp3) is 0. The molecule has 2 heterocycles. The molecule has 9 aromatic rings. The molecule has 7 aromatic carbocycles. The highest BCUT2D eigenvalue weighted by atomic mass is 32.1. The quantitative estimate of drug-likeness (QED) is 0.200. The van der Waals surface area contributed by atoms with Crippen LogP contribution in [-0.4, -0.2) is 15.0 Å². The lowest BCUT2D eigenvalue weighted by molar-refractivity contribution is 1.07. The van der Waals surface area contributed by atoms with Gasteiger partial charge in [0.1, 0.15) is 0 Å². The van der Waals surface area contributed by atoms with Gasteiger partial charge >= 0.3 is 0 Å². The molecule has 0 N–H and O–H groups in total. The van der Waals surface area contributed by atoms with E-state index in [2.05, 4.69) is 78.9 Å². The first-order valence-electron chi connectivity index (χ1n) is 14.4. The maximum Gasteiger partial charge on any atom is 0.164 e. The molecule has 0 aliphatic rings. The van der Waals surface area contributed by atoms with Crippen molar-refractivity contribution in [1.82, 2.24) is 15.0 Å². The number of hydrogen-bond acceptors (Lipinski definition) is 4. The standard InChI is InChI=1S/C39H23N3S/c1-3-9-26(10-4-1)37-40-38(27-11-5-2-6-12-27)42-39(41-37)29-20-21-30-28(23-29)18-17-24-15-16-25-19-22-32-31-13-7-8-14-33(31)43-36(32)35(25)34(24)30/h1-23H. The Kier molecular flexibility index (Phi) is 5.37. The molecule has 9 rings (SSSR count). The summed E-state index contributed by atoms with van der Waals surface area (Å²) in [7, 11) is 0. The van der Waals surface area contributed by atoms with Crippen molar-refractivity contribution >= 4 is 63.8 Å². The Morgan fingerprint density at radius 2 is 0.907 bits per heavy atom. The third-order valence-electron chi connectivity index (χ3n) is 8.28. The van der Waals surface area contributed by atoms with E-state index in [1.165, 1.54) is 52.5 Å². The van der Waals surface area contributed by atoms with E-state index in [0.717, 1.165) is 16.7 Å². The molecule has 0 saturated carbocycles. The summed E-state index contributed by atoms with van der Waals surface area (Å²) >= 11 is 1.89. The van der Waals surface area contributed by atoms with Crippen LogP contribution in [0.1, 0.15) is 0 Å². The van der Waals surface area contributed by atoms with Gasteiger partial charge < -0.3 is 0 Å². The topological polar surface area (TPSA) is 38.7 Å². The van der Waals surface area contributed by atoms with Gasteiger partial charge in [-0.15, -0.1) is 11.3 Å². The Balaban J connectivity index is 1.29. The van der Waals surface area contributed by atoms with Crippen molar-refractivity contribution in [1.29, 1.82) is 0 Å². The minimum atomic E-state index is 0.666. The lowest BCUT2D eigenvalue weighted by Gasteiger charge is -2.11. The van der Waals surface area contributed by atoms with Gasteiger partial charge in [-0.2, -0.15) is 0 Å². The number of nitrogens with zero attached hydrogens (tertiary/aromatic N) is 3. The molecule has 0 saturated heterocycles. The summed E-state index contributed by atoms with van der Waals surface area (Å²) in [4.78, 5) is 14.8. The Bertz CT molecular complexity index is 2440. The molecule has 0 radical (unpaired) electrons. The summed E-state index contributed by atoms with van der Waals surface area (Å²) in [6.45, 7) is 0. The van der Waals surface area contributed by atoms with E-state index >= 15 is 0 Å². The molecule has 0 unspecified atom stereocenters. The SMILES string of the molecule is c1ccc(-c2nc(-c3ccccc3)nc(-c3ccc4c(ccc5ccc6ccc7c8ccccc8sc7c6c54)c3)n2)cc1. The van der Waals surface area contributed by atoms with Gasteiger partial charge in [-0.25, -0.2) is 15.0 Å². The van der Waals surface area contributed by atoms with Crippen LogP contribution >= 0.6 is 11.3 Å². The van der Waals surface area contributed by atoms with Crippen molar-refractivity contribution < 1.29 is 0 Å². The molecule has 200 valence electrons. The molecular formula is C39H23N3S. The Morgan fingerprint density at radius 1 is 0.372 bits per heavy atom. The average molecular weight is 566 g/mol. The minimum absolute atomic E-state index is 0.666. The summed E-state index contributed by atoms with van der Waals surface area (Å²) < 4.78 is 2.67. The van der Waals surface area contributed by atoms with Crippen LogP contribution in [0.25, 0.3) is 86.7 Å². The molecule has 3 nitrogen and oxygen atoms in total. The van der Waals surface area contributed by atoms with E-state index < -0.39 is 0 Å². The minimum Gasteiger partial charge on any atom is -0.208 e. The predicted molar refractivity (Wildman–Crippen MR) is 182 cm³/mol. The summed E-state index contributed by atoms with van der Waals surface area (Å²) in [6.07, 6.45) is 0. The van der Waals surface area contributed by atoms with Gasteiger partial charge in [0.2, 0.25) is 0 Å². The molecule has 0 bridgehead atoms. The summed E-state index contributed by atoms with van der Waals surface area (Å²) in [5.41, 5.74) is 2.90. The molecule has 0 aliphatic carbocycles. The van der Waals surface area contributed by atoms with Crippen molar-refractivity contribution in [3.63, 3.8) is 0 Å². The van der Waals surface area contributed by atoms with Crippen molar-refractivity contribution in [3.8, 4) is 34.2 Å². The normalized spacial score (nSPS) is 11.7. The van der Waals surface area contributed by atoms with Crippen LogP contribution in [0.15, 0.2) is 140 Å².